The fraction of sp³-hybridized carbons (Fsp3) is 0.176. The van der Waals surface area contributed by atoms with E-state index < -0.39 is 27.4 Å². The molecule has 0 bridgehead atoms. The first-order chi connectivity index (χ1) is 13.0. The highest BCUT2D eigenvalue weighted by atomic mass is 35.9. The van der Waals surface area contributed by atoms with Crippen LogP contribution in [0.4, 0.5) is 0 Å². The Balaban J connectivity index is 0. The van der Waals surface area contributed by atoms with Gasteiger partial charge in [0.2, 0.25) is 0 Å². The molecule has 0 radical (unpaired) electrons. The number of rotatable bonds is 1. The topological polar surface area (TPSA) is 104 Å². The number of carbonyl (C=O) groups is 2. The van der Waals surface area contributed by atoms with E-state index in [0.29, 0.717) is 16.9 Å². The van der Waals surface area contributed by atoms with E-state index in [9.17, 15) is 9.59 Å². The highest BCUT2D eigenvalue weighted by Crippen LogP contribution is 2.23. The molecular weight excluding hydrogens is 504 g/mol. The number of aliphatic hydroxyl groups is 2. The molecule has 1 aliphatic rings. The summed E-state index contributed by atoms with van der Waals surface area (Å²) in [7, 11) is 17.0. The first kappa shape index (κ1) is 30.5. The lowest BCUT2D eigenvalue weighted by Gasteiger charge is -1.97. The van der Waals surface area contributed by atoms with E-state index in [0.717, 1.165) is 0 Å². The summed E-state index contributed by atoms with van der Waals surface area (Å²) in [4.78, 5) is 21.7. The standard InChI is InChI=1S/C8H4O3.C6H6O.C3H8O2.Al.5ClH/c9-7-5-3-1-2-4-6(5)8(10)11-7;7-6-4-2-1-3-5-6;1-3(5)2-4;;;;;;/h1-4H;1-5,7H;3-5H,2H2,1H3;;5*1H/q;;;+3;;;;;/p-4. The lowest BCUT2D eigenvalue weighted by Crippen LogP contribution is -2.03. The maximum Gasteiger partial charge on any atom is 0.564 e. The fourth-order valence-corrected chi connectivity index (χ4v) is 1.46. The molecule has 0 fully saturated rings. The molecule has 0 amide bonds. The number of hydrogen-bond acceptors (Lipinski definition) is 6. The van der Waals surface area contributed by atoms with Crippen LogP contribution in [0.15, 0.2) is 54.6 Å². The Bertz CT molecular complexity index is 702. The third kappa shape index (κ3) is 16.7. The molecule has 29 heavy (non-hydrogen) atoms. The predicted molar refractivity (Wildman–Crippen MR) is 119 cm³/mol. The Morgan fingerprint density at radius 2 is 1.21 bits per heavy atom. The summed E-state index contributed by atoms with van der Waals surface area (Å²) in [6.07, 6.45) is -0.560. The number of para-hydroxylation sites is 1. The molecule has 162 valence electrons. The molecule has 2 aromatic carbocycles. The Morgan fingerprint density at radius 1 is 0.897 bits per heavy atom. The zero-order valence-corrected chi connectivity index (χ0v) is 20.0. The Hall–Kier alpha value is -0.718. The molecule has 1 atom stereocenters. The van der Waals surface area contributed by atoms with Crippen LogP contribution >= 0.6 is 52.6 Å². The van der Waals surface area contributed by atoms with E-state index in [-0.39, 0.29) is 19.0 Å². The van der Waals surface area contributed by atoms with Crippen molar-refractivity contribution in [3.63, 3.8) is 0 Å². The van der Waals surface area contributed by atoms with Crippen molar-refractivity contribution in [3.05, 3.63) is 65.7 Å². The molecule has 0 aliphatic carbocycles. The van der Waals surface area contributed by atoms with Crippen molar-refractivity contribution in [2.24, 2.45) is 0 Å². The number of ether oxygens (including phenoxy) is 1. The highest BCUT2D eigenvalue weighted by molar-refractivity contribution is 7.81. The van der Waals surface area contributed by atoms with Crippen molar-refractivity contribution in [1.29, 1.82) is 0 Å². The van der Waals surface area contributed by atoms with Crippen LogP contribution in [0.1, 0.15) is 27.6 Å². The van der Waals surface area contributed by atoms with Crippen LogP contribution in [0.2, 0.25) is 0 Å². The zero-order chi connectivity index (χ0) is 21.7. The number of phenolic OH excluding ortho intramolecular Hbond substituents is 1. The van der Waals surface area contributed by atoms with E-state index in [1.807, 2.05) is 6.07 Å². The average molecular weight is 524 g/mol. The molecule has 12 heteroatoms. The van der Waals surface area contributed by atoms with Crippen LogP contribution in [-0.2, 0) is 4.74 Å². The van der Waals surface area contributed by atoms with Gasteiger partial charge in [-0.3, -0.25) is 0 Å². The number of phenols is 1. The van der Waals surface area contributed by atoms with E-state index in [1.165, 1.54) is 6.92 Å². The largest absolute Gasteiger partial charge is 0.564 e. The lowest BCUT2D eigenvalue weighted by molar-refractivity contribution is 0.0443. The molecule has 2 aromatic rings. The molecule has 1 heterocycles. The van der Waals surface area contributed by atoms with Crippen LogP contribution < -0.4 is 0 Å². The maximum absolute atomic E-state index is 10.8. The van der Waals surface area contributed by atoms with Crippen LogP contribution in [-0.4, -0.2) is 49.4 Å². The maximum atomic E-state index is 10.8. The van der Waals surface area contributed by atoms with E-state index in [4.69, 9.17) is 55.5 Å². The Morgan fingerprint density at radius 3 is 1.45 bits per heavy atom. The number of aromatic hydroxyl groups is 1. The molecule has 0 aromatic heterocycles. The zero-order valence-electron chi connectivity index (χ0n) is 15.0. The van der Waals surface area contributed by atoms with Crippen LogP contribution in [0, 0.1) is 0 Å². The third-order valence-corrected chi connectivity index (χ3v) is 2.57. The van der Waals surface area contributed by atoms with Crippen LogP contribution in [0.25, 0.3) is 0 Å². The van der Waals surface area contributed by atoms with Gasteiger partial charge >= 0.3 is 21.3 Å². The number of benzene rings is 2. The molecule has 1 unspecified atom stereocenters. The minimum Gasteiger partial charge on any atom is -0.508 e. The number of esters is 2. The molecule has 3 N–H and O–H groups in total. The van der Waals surface area contributed by atoms with Gasteiger partial charge in [0.15, 0.2) is 0 Å². The van der Waals surface area contributed by atoms with Crippen molar-refractivity contribution in [2.75, 3.05) is 6.61 Å². The molecular formula is C17H19AlCl5O6-. The van der Waals surface area contributed by atoms with Gasteiger partial charge in [0.25, 0.3) is 0 Å². The van der Waals surface area contributed by atoms with Gasteiger partial charge in [-0.2, -0.15) is 0 Å². The summed E-state index contributed by atoms with van der Waals surface area (Å²) >= 11 is 0. The number of carbonyl (C=O) groups excluding carboxylic acids is 2. The van der Waals surface area contributed by atoms with Gasteiger partial charge in [0.1, 0.15) is 5.75 Å². The minimum atomic E-state index is -2.94. The summed E-state index contributed by atoms with van der Waals surface area (Å²) < 4.78 is 4.35. The quantitative estimate of drug-likeness (QED) is 0.288. The molecule has 0 spiro atoms. The van der Waals surface area contributed by atoms with Gasteiger partial charge in [0, 0.05) is 0 Å². The summed E-state index contributed by atoms with van der Waals surface area (Å²) in [5.74, 6) is -0.779. The Kier molecular flexibility index (Phi) is 16.9. The molecule has 0 saturated heterocycles. The normalized spacial score (nSPS) is 12.2. The lowest BCUT2D eigenvalue weighted by atomic mass is 10.1. The first-order valence-electron chi connectivity index (χ1n) is 7.71. The van der Waals surface area contributed by atoms with Gasteiger partial charge in [-0.15, -0.1) is 12.4 Å². The van der Waals surface area contributed by atoms with Gasteiger partial charge in [0.05, 0.1) is 23.8 Å². The van der Waals surface area contributed by atoms with Crippen molar-refractivity contribution in [1.82, 2.24) is 0 Å². The average Bonchev–Trinajstić information content (AvgIpc) is 2.90. The van der Waals surface area contributed by atoms with Crippen molar-refractivity contribution in [3.8, 4) is 5.75 Å². The smallest absolute Gasteiger partial charge is 0.508 e. The SMILES string of the molecule is CC(O)CO.Cl.O=C1OC(=O)c2ccccc21.Oc1ccccc1.[Cl][Al-]([Cl])([Cl])[Cl]. The van der Waals surface area contributed by atoms with E-state index in [2.05, 4.69) is 4.74 Å². The van der Waals surface area contributed by atoms with Gasteiger partial charge in [-0.25, -0.2) is 9.59 Å². The predicted octanol–water partition coefficient (Wildman–Crippen LogP) is 4.55. The monoisotopic (exact) mass is 521 g/mol. The molecule has 6 nitrogen and oxygen atoms in total. The second-order valence-corrected chi connectivity index (χ2v) is 18.0. The van der Waals surface area contributed by atoms with Crippen LogP contribution in [0.5, 0.6) is 5.75 Å². The van der Waals surface area contributed by atoms with E-state index >= 15 is 0 Å². The number of halogens is 5. The Labute approximate surface area is 193 Å². The molecule has 0 saturated carbocycles. The summed E-state index contributed by atoms with van der Waals surface area (Å²) in [5.41, 5.74) is 0.718. The van der Waals surface area contributed by atoms with E-state index in [1.54, 1.807) is 48.5 Å². The number of fused-ring (bicyclic) bond motifs is 1. The minimum absolute atomic E-state index is 0. The van der Waals surface area contributed by atoms with Crippen molar-refractivity contribution >= 4 is 73.9 Å². The van der Waals surface area contributed by atoms with Crippen molar-refractivity contribution in [2.45, 2.75) is 13.0 Å². The van der Waals surface area contributed by atoms with Gasteiger partial charge < -0.3 is 60.3 Å². The second-order valence-electron chi connectivity index (χ2n) is 5.08. The number of aliphatic hydroxyl groups excluding tert-OH is 2. The summed E-state index contributed by atoms with van der Waals surface area (Å²) in [6, 6.07) is 15.2. The first-order valence-corrected chi connectivity index (χ1v) is 14.7. The number of hydrogen-bond donors (Lipinski definition) is 3. The highest BCUT2D eigenvalue weighted by Gasteiger charge is 2.28. The van der Waals surface area contributed by atoms with Crippen LogP contribution in [0.3, 0.4) is 0 Å². The summed E-state index contributed by atoms with van der Waals surface area (Å²) in [5, 5.41) is 24.6. The van der Waals surface area contributed by atoms with Crippen molar-refractivity contribution < 1.29 is 29.6 Å². The second kappa shape index (κ2) is 16.0. The fourth-order valence-electron chi connectivity index (χ4n) is 1.46. The van der Waals surface area contributed by atoms with Gasteiger partial charge in [-0.1, -0.05) is 30.3 Å². The molecule has 3 rings (SSSR count). The number of cyclic esters (lactones) is 2. The summed E-state index contributed by atoms with van der Waals surface area (Å²) in [6.45, 7) is 1.39. The molecule has 1 aliphatic heterocycles. The van der Waals surface area contributed by atoms with Gasteiger partial charge in [-0.05, 0) is 31.2 Å². The third-order valence-electron chi connectivity index (χ3n) is 2.57.